The van der Waals surface area contributed by atoms with Crippen LogP contribution in [0.25, 0.3) is 95.0 Å². The Balaban J connectivity index is 1.01. The largest absolute Gasteiger partial charge is 0.309 e. The normalized spacial score (nSPS) is 12.5. The number of benzene rings is 9. The van der Waals surface area contributed by atoms with E-state index in [1.807, 2.05) is 30.5 Å². The Hall–Kier alpha value is -9.06. The molecule has 1 aliphatic carbocycles. The van der Waals surface area contributed by atoms with Gasteiger partial charge in [0.15, 0.2) is 17.5 Å². The van der Waals surface area contributed by atoms with Crippen LogP contribution in [0.3, 0.4) is 0 Å². The minimum Gasteiger partial charge on any atom is -0.309 e. The first-order valence-electron chi connectivity index (χ1n) is 23.0. The Morgan fingerprint density at radius 1 is 0.324 bits per heavy atom. The summed E-state index contributed by atoms with van der Waals surface area (Å²) in [6.45, 7) is 0. The zero-order valence-corrected chi connectivity index (χ0v) is 36.9. The van der Waals surface area contributed by atoms with Crippen LogP contribution in [-0.4, -0.2) is 24.5 Å². The molecule has 0 spiro atoms. The van der Waals surface area contributed by atoms with Crippen LogP contribution in [0.2, 0.25) is 0 Å². The summed E-state index contributed by atoms with van der Waals surface area (Å²) in [6.07, 6.45) is 3.68. The molecule has 13 rings (SSSR count). The quantitative estimate of drug-likeness (QED) is 0.153. The third kappa shape index (κ3) is 6.39. The van der Waals surface area contributed by atoms with E-state index in [-0.39, 0.29) is 0 Å². The molecular weight excluding hydrogens is 827 g/mol. The lowest BCUT2D eigenvalue weighted by Gasteiger charge is -2.34. The second-order valence-electron chi connectivity index (χ2n) is 17.4. The van der Waals surface area contributed by atoms with Crippen LogP contribution < -0.4 is 0 Å². The van der Waals surface area contributed by atoms with Gasteiger partial charge in [0.2, 0.25) is 0 Å². The van der Waals surface area contributed by atoms with Gasteiger partial charge in [-0.25, -0.2) is 15.0 Å². The summed E-state index contributed by atoms with van der Waals surface area (Å²) in [6, 6.07) is 84.7. The average molecular weight is 868 g/mol. The van der Waals surface area contributed by atoms with Gasteiger partial charge in [-0.1, -0.05) is 182 Å². The molecule has 0 radical (unpaired) electrons. The SMILES string of the molecule is c1ccc(-c2nc(-c3cccc(-c4cccnc4)c3)nc(-c3ccc4c(c3)C(c3ccccc3)(c3ccccc3)c3cc(-c5ccc6c(c5)c5ccccc5n6-c5ccccc5)ccc3-4)n2)cc1. The first-order valence-corrected chi connectivity index (χ1v) is 23.0. The predicted octanol–water partition coefficient (Wildman–Crippen LogP) is 15.1. The van der Waals surface area contributed by atoms with Gasteiger partial charge in [0.1, 0.15) is 0 Å². The summed E-state index contributed by atoms with van der Waals surface area (Å²) in [7, 11) is 0. The topological polar surface area (TPSA) is 56.5 Å². The molecule has 5 nitrogen and oxygen atoms in total. The molecule has 0 bridgehead atoms. The molecule has 3 aromatic heterocycles. The number of para-hydroxylation sites is 2. The van der Waals surface area contributed by atoms with Crippen molar-refractivity contribution in [2.45, 2.75) is 5.41 Å². The van der Waals surface area contributed by atoms with E-state index in [1.165, 1.54) is 60.8 Å². The van der Waals surface area contributed by atoms with Crippen molar-refractivity contribution < 1.29 is 0 Å². The number of hydrogen-bond acceptors (Lipinski definition) is 4. The monoisotopic (exact) mass is 867 g/mol. The van der Waals surface area contributed by atoms with Gasteiger partial charge < -0.3 is 4.57 Å². The number of aromatic nitrogens is 5. The number of hydrogen-bond donors (Lipinski definition) is 0. The lowest BCUT2D eigenvalue weighted by Crippen LogP contribution is -2.28. The summed E-state index contributed by atoms with van der Waals surface area (Å²) in [4.78, 5) is 20.0. The zero-order chi connectivity index (χ0) is 45.0. The predicted molar refractivity (Wildman–Crippen MR) is 276 cm³/mol. The van der Waals surface area contributed by atoms with Gasteiger partial charge in [0, 0.05) is 51.1 Å². The molecular formula is C63H41N5. The Kier molecular flexibility index (Phi) is 9.32. The molecule has 0 saturated heterocycles. The van der Waals surface area contributed by atoms with E-state index in [2.05, 4.69) is 222 Å². The van der Waals surface area contributed by atoms with Gasteiger partial charge in [-0.05, 0) is 105 Å². The molecule has 1 aliphatic rings. The summed E-state index contributed by atoms with van der Waals surface area (Å²) < 4.78 is 2.37. The highest BCUT2D eigenvalue weighted by Crippen LogP contribution is 2.57. The highest BCUT2D eigenvalue weighted by Gasteiger charge is 2.46. The number of pyridine rings is 1. The van der Waals surface area contributed by atoms with Crippen molar-refractivity contribution in [3.63, 3.8) is 0 Å². The molecule has 0 atom stereocenters. The maximum atomic E-state index is 5.28. The molecule has 318 valence electrons. The molecule has 0 fully saturated rings. The third-order valence-electron chi connectivity index (χ3n) is 13.6. The number of nitrogens with zero attached hydrogens (tertiary/aromatic N) is 5. The van der Waals surface area contributed by atoms with Gasteiger partial charge >= 0.3 is 0 Å². The van der Waals surface area contributed by atoms with E-state index in [0.29, 0.717) is 17.5 Å². The highest BCUT2D eigenvalue weighted by molar-refractivity contribution is 6.10. The minimum absolute atomic E-state index is 0.606. The van der Waals surface area contributed by atoms with Crippen LogP contribution in [-0.2, 0) is 5.41 Å². The Morgan fingerprint density at radius 2 is 0.809 bits per heavy atom. The first kappa shape index (κ1) is 39.3. The summed E-state index contributed by atoms with van der Waals surface area (Å²) >= 11 is 0. The molecule has 12 aromatic rings. The van der Waals surface area contributed by atoms with E-state index < -0.39 is 5.41 Å². The van der Waals surface area contributed by atoms with E-state index in [1.54, 1.807) is 6.20 Å². The van der Waals surface area contributed by atoms with Crippen molar-refractivity contribution in [1.82, 2.24) is 24.5 Å². The maximum Gasteiger partial charge on any atom is 0.164 e. The second kappa shape index (κ2) is 16.1. The van der Waals surface area contributed by atoms with E-state index in [9.17, 15) is 0 Å². The number of rotatable bonds is 8. The van der Waals surface area contributed by atoms with Crippen molar-refractivity contribution in [3.05, 3.63) is 271 Å². The molecule has 5 heteroatoms. The van der Waals surface area contributed by atoms with E-state index in [0.717, 1.165) is 39.1 Å². The molecule has 0 unspecified atom stereocenters. The first-order chi connectivity index (χ1) is 33.7. The fourth-order valence-electron chi connectivity index (χ4n) is 10.5. The smallest absolute Gasteiger partial charge is 0.164 e. The fraction of sp³-hybridized carbons (Fsp3) is 0.0159. The second-order valence-corrected chi connectivity index (χ2v) is 17.4. The maximum absolute atomic E-state index is 5.28. The van der Waals surface area contributed by atoms with Crippen molar-refractivity contribution in [2.75, 3.05) is 0 Å². The van der Waals surface area contributed by atoms with Gasteiger partial charge in [-0.3, -0.25) is 4.98 Å². The standard InChI is InChI=1S/C63H41N5/c1-5-17-42(18-6-1)60-65-61(46-20-15-19-43(37-46)48-21-16-36-64-41-48)67-62(66-60)47-31-34-53-52-33-30-45(39-56(52)63(57(53)40-47,49-22-7-2-8-23-49)50-24-9-3-10-25-50)44-32-35-59-55(38-44)54-28-13-14-29-58(54)68(59)51-26-11-4-12-27-51/h1-41H. The Morgan fingerprint density at radius 3 is 1.49 bits per heavy atom. The van der Waals surface area contributed by atoms with Crippen LogP contribution in [0.4, 0.5) is 0 Å². The van der Waals surface area contributed by atoms with Crippen molar-refractivity contribution in [1.29, 1.82) is 0 Å². The third-order valence-corrected chi connectivity index (χ3v) is 13.6. The molecule has 0 amide bonds. The summed E-state index contributed by atoms with van der Waals surface area (Å²) in [5.74, 6) is 1.83. The van der Waals surface area contributed by atoms with Gasteiger partial charge in [-0.15, -0.1) is 0 Å². The van der Waals surface area contributed by atoms with Gasteiger partial charge in [0.25, 0.3) is 0 Å². The zero-order valence-electron chi connectivity index (χ0n) is 36.9. The lowest BCUT2D eigenvalue weighted by atomic mass is 9.67. The van der Waals surface area contributed by atoms with Crippen LogP contribution >= 0.6 is 0 Å². The molecule has 0 aliphatic heterocycles. The molecule has 3 heterocycles. The molecule has 68 heavy (non-hydrogen) atoms. The minimum atomic E-state index is -0.664. The number of fused-ring (bicyclic) bond motifs is 6. The molecule has 0 N–H and O–H groups in total. The molecule has 9 aromatic carbocycles. The lowest BCUT2D eigenvalue weighted by molar-refractivity contribution is 0.769. The van der Waals surface area contributed by atoms with Crippen molar-refractivity contribution >= 4 is 21.8 Å². The van der Waals surface area contributed by atoms with Gasteiger partial charge in [-0.2, -0.15) is 0 Å². The average Bonchev–Trinajstić information content (AvgIpc) is 3.91. The fourth-order valence-corrected chi connectivity index (χ4v) is 10.5. The van der Waals surface area contributed by atoms with E-state index >= 15 is 0 Å². The Bertz CT molecular complexity index is 3790. The summed E-state index contributed by atoms with van der Waals surface area (Å²) in [5.41, 5.74) is 17.2. The molecule has 0 saturated carbocycles. The Labute approximate surface area is 394 Å². The van der Waals surface area contributed by atoms with Crippen molar-refractivity contribution in [3.8, 4) is 73.2 Å². The highest BCUT2D eigenvalue weighted by atomic mass is 15.0. The van der Waals surface area contributed by atoms with Crippen LogP contribution in [0.15, 0.2) is 249 Å². The van der Waals surface area contributed by atoms with Crippen molar-refractivity contribution in [2.24, 2.45) is 0 Å². The van der Waals surface area contributed by atoms with Crippen LogP contribution in [0.5, 0.6) is 0 Å². The van der Waals surface area contributed by atoms with Crippen LogP contribution in [0.1, 0.15) is 22.3 Å². The summed E-state index contributed by atoms with van der Waals surface area (Å²) in [5, 5.41) is 2.46. The van der Waals surface area contributed by atoms with Crippen LogP contribution in [0, 0.1) is 0 Å². The van der Waals surface area contributed by atoms with E-state index in [4.69, 9.17) is 15.0 Å². The van der Waals surface area contributed by atoms with Gasteiger partial charge in [0.05, 0.1) is 16.4 Å².